The molecule has 0 radical (unpaired) electrons. The second-order valence-electron chi connectivity index (χ2n) is 6.69. The number of sulfonamides is 1. The molecule has 3 aromatic carbocycles. The summed E-state index contributed by atoms with van der Waals surface area (Å²) in [6, 6.07) is 20.8. The van der Waals surface area contributed by atoms with Gasteiger partial charge < -0.3 is 4.42 Å². The number of rotatable bonds is 6. The number of hydrogen-bond acceptors (Lipinski definition) is 5. The van der Waals surface area contributed by atoms with Crippen LogP contribution in [0.5, 0.6) is 0 Å². The van der Waals surface area contributed by atoms with E-state index in [1.807, 2.05) is 36.4 Å². The molecule has 1 N–H and O–H groups in total. The van der Waals surface area contributed by atoms with Crippen LogP contribution >= 0.6 is 0 Å². The molecule has 0 amide bonds. The average Bonchev–Trinajstić information content (AvgIpc) is 3.25. The van der Waals surface area contributed by atoms with E-state index in [-0.39, 0.29) is 22.2 Å². The molecule has 0 aliphatic carbocycles. The van der Waals surface area contributed by atoms with Gasteiger partial charge in [0.15, 0.2) is 0 Å². The van der Waals surface area contributed by atoms with Gasteiger partial charge >= 0.3 is 0 Å². The molecule has 152 valence electrons. The fraction of sp³-hybridized carbons (Fsp3) is 0.0909. The maximum Gasteiger partial charge on any atom is 0.247 e. The second kappa shape index (κ2) is 8.17. The zero-order valence-corrected chi connectivity index (χ0v) is 16.8. The number of hydrogen-bond donors (Lipinski definition) is 1. The van der Waals surface area contributed by atoms with Crippen LogP contribution in [0.2, 0.25) is 0 Å². The van der Waals surface area contributed by atoms with Crippen LogP contribution in [0.25, 0.3) is 11.5 Å². The lowest BCUT2D eigenvalue weighted by atomic mass is 10.1. The molecule has 4 aromatic rings. The standard InChI is InChI=1S/C22H18FN3O3S/c1-15-14-18(12-13-19(15)23)30(27,28)26-20(16-8-4-2-5-9-16)22-25-24-21(29-22)17-10-6-3-7-11-17/h2-14,20,26H,1H3/t20-/m0/s1. The number of benzene rings is 3. The molecule has 4 rings (SSSR count). The molecule has 0 bridgehead atoms. The highest BCUT2D eigenvalue weighted by molar-refractivity contribution is 7.89. The summed E-state index contributed by atoms with van der Waals surface area (Å²) in [6.07, 6.45) is 0. The summed E-state index contributed by atoms with van der Waals surface area (Å²) in [6.45, 7) is 1.51. The normalized spacial score (nSPS) is 12.6. The Labute approximate surface area is 173 Å². The lowest BCUT2D eigenvalue weighted by molar-refractivity contribution is 0.464. The zero-order chi connectivity index (χ0) is 21.1. The largest absolute Gasteiger partial charge is 0.419 e. The highest BCUT2D eigenvalue weighted by Crippen LogP contribution is 2.27. The Morgan fingerprint density at radius 3 is 2.27 bits per heavy atom. The molecule has 0 aliphatic rings. The van der Waals surface area contributed by atoms with Crippen molar-refractivity contribution in [3.8, 4) is 11.5 Å². The van der Waals surface area contributed by atoms with Gasteiger partial charge in [0.05, 0.1) is 4.90 Å². The van der Waals surface area contributed by atoms with Gasteiger partial charge in [-0.2, -0.15) is 4.72 Å². The van der Waals surface area contributed by atoms with Crippen LogP contribution in [0.4, 0.5) is 4.39 Å². The third-order valence-corrected chi connectivity index (χ3v) is 5.97. The van der Waals surface area contributed by atoms with E-state index in [1.165, 1.54) is 19.1 Å². The van der Waals surface area contributed by atoms with Crippen molar-refractivity contribution in [2.75, 3.05) is 0 Å². The van der Waals surface area contributed by atoms with Crippen LogP contribution in [0.3, 0.4) is 0 Å². The smallest absolute Gasteiger partial charge is 0.247 e. The van der Waals surface area contributed by atoms with Crippen molar-refractivity contribution in [3.05, 3.63) is 102 Å². The van der Waals surface area contributed by atoms with Crippen molar-refractivity contribution in [2.45, 2.75) is 17.9 Å². The van der Waals surface area contributed by atoms with E-state index in [4.69, 9.17) is 4.42 Å². The van der Waals surface area contributed by atoms with Gasteiger partial charge in [0.25, 0.3) is 0 Å². The van der Waals surface area contributed by atoms with Crippen molar-refractivity contribution in [3.63, 3.8) is 0 Å². The Hall–Kier alpha value is -3.36. The summed E-state index contributed by atoms with van der Waals surface area (Å²) in [5.74, 6) is -0.0937. The third-order valence-electron chi connectivity index (χ3n) is 4.55. The first-order chi connectivity index (χ1) is 14.4. The van der Waals surface area contributed by atoms with E-state index in [2.05, 4.69) is 14.9 Å². The van der Waals surface area contributed by atoms with Gasteiger partial charge in [-0.25, -0.2) is 12.8 Å². The third kappa shape index (κ3) is 4.14. The zero-order valence-electron chi connectivity index (χ0n) is 16.0. The number of nitrogens with one attached hydrogen (secondary N) is 1. The molecule has 30 heavy (non-hydrogen) atoms. The summed E-state index contributed by atoms with van der Waals surface area (Å²) in [5, 5.41) is 8.14. The molecular weight excluding hydrogens is 405 g/mol. The minimum Gasteiger partial charge on any atom is -0.419 e. The summed E-state index contributed by atoms with van der Waals surface area (Å²) in [7, 11) is -3.99. The van der Waals surface area contributed by atoms with Gasteiger partial charge in [-0.05, 0) is 48.4 Å². The van der Waals surface area contributed by atoms with E-state index < -0.39 is 21.9 Å². The fourth-order valence-electron chi connectivity index (χ4n) is 2.96. The SMILES string of the molecule is Cc1cc(S(=O)(=O)N[C@@H](c2ccccc2)c2nnc(-c3ccccc3)o2)ccc1F. The van der Waals surface area contributed by atoms with E-state index in [1.54, 1.807) is 24.3 Å². The highest BCUT2D eigenvalue weighted by atomic mass is 32.2. The minimum absolute atomic E-state index is 0.0508. The number of aryl methyl sites for hydroxylation is 1. The van der Waals surface area contributed by atoms with E-state index >= 15 is 0 Å². The Morgan fingerprint density at radius 1 is 0.933 bits per heavy atom. The Balaban J connectivity index is 1.73. The first-order valence-electron chi connectivity index (χ1n) is 9.16. The van der Waals surface area contributed by atoms with Crippen molar-refractivity contribution < 1.29 is 17.2 Å². The lowest BCUT2D eigenvalue weighted by Crippen LogP contribution is -2.29. The van der Waals surface area contributed by atoms with Gasteiger partial charge in [0.1, 0.15) is 11.9 Å². The predicted octanol–water partition coefficient (Wildman–Crippen LogP) is 4.25. The van der Waals surface area contributed by atoms with E-state index in [0.29, 0.717) is 5.56 Å². The number of halogens is 1. The predicted molar refractivity (Wildman–Crippen MR) is 109 cm³/mol. The van der Waals surface area contributed by atoms with Crippen molar-refractivity contribution in [1.82, 2.24) is 14.9 Å². The first kappa shape index (κ1) is 19.9. The Bertz CT molecular complexity index is 1260. The first-order valence-corrected chi connectivity index (χ1v) is 10.6. The van der Waals surface area contributed by atoms with Crippen LogP contribution in [-0.2, 0) is 10.0 Å². The molecule has 0 saturated carbocycles. The quantitative estimate of drug-likeness (QED) is 0.501. The molecular formula is C22H18FN3O3S. The molecule has 0 aliphatic heterocycles. The molecule has 1 atom stereocenters. The van der Waals surface area contributed by atoms with E-state index in [9.17, 15) is 12.8 Å². The number of nitrogens with zero attached hydrogens (tertiary/aromatic N) is 2. The van der Waals surface area contributed by atoms with Crippen LogP contribution in [0.15, 0.2) is 88.2 Å². The second-order valence-corrected chi connectivity index (χ2v) is 8.40. The van der Waals surface area contributed by atoms with Gasteiger partial charge in [-0.3, -0.25) is 0 Å². The molecule has 1 aromatic heterocycles. The minimum atomic E-state index is -3.99. The van der Waals surface area contributed by atoms with Gasteiger partial charge in [0.2, 0.25) is 21.8 Å². The molecule has 0 spiro atoms. The highest BCUT2D eigenvalue weighted by Gasteiger charge is 2.28. The van der Waals surface area contributed by atoms with Crippen LogP contribution in [0, 0.1) is 12.7 Å². The molecule has 0 saturated heterocycles. The monoisotopic (exact) mass is 423 g/mol. The molecule has 6 nitrogen and oxygen atoms in total. The maximum absolute atomic E-state index is 13.6. The molecule has 8 heteroatoms. The van der Waals surface area contributed by atoms with Crippen molar-refractivity contribution >= 4 is 10.0 Å². The molecule has 0 fully saturated rings. The van der Waals surface area contributed by atoms with Crippen molar-refractivity contribution in [1.29, 1.82) is 0 Å². The fourth-order valence-corrected chi connectivity index (χ4v) is 4.23. The van der Waals surface area contributed by atoms with Crippen LogP contribution in [-0.4, -0.2) is 18.6 Å². The summed E-state index contributed by atoms with van der Waals surface area (Å²) in [5.41, 5.74) is 1.58. The summed E-state index contributed by atoms with van der Waals surface area (Å²) >= 11 is 0. The van der Waals surface area contributed by atoms with Gasteiger partial charge in [-0.15, -0.1) is 10.2 Å². The molecule has 1 heterocycles. The number of aromatic nitrogens is 2. The Kier molecular flexibility index (Phi) is 5.43. The summed E-state index contributed by atoms with van der Waals surface area (Å²) < 4.78 is 48.0. The van der Waals surface area contributed by atoms with Crippen molar-refractivity contribution in [2.24, 2.45) is 0 Å². The van der Waals surface area contributed by atoms with Crippen LogP contribution < -0.4 is 4.72 Å². The van der Waals surface area contributed by atoms with Gasteiger partial charge in [0, 0.05) is 5.56 Å². The van der Waals surface area contributed by atoms with Gasteiger partial charge in [-0.1, -0.05) is 48.5 Å². The van der Waals surface area contributed by atoms with Crippen LogP contribution in [0.1, 0.15) is 23.1 Å². The Morgan fingerprint density at radius 2 is 1.60 bits per heavy atom. The lowest BCUT2D eigenvalue weighted by Gasteiger charge is -2.16. The molecule has 0 unspecified atom stereocenters. The topological polar surface area (TPSA) is 85.1 Å². The maximum atomic E-state index is 13.6. The average molecular weight is 423 g/mol. The summed E-state index contributed by atoms with van der Waals surface area (Å²) in [4.78, 5) is -0.0508. The van der Waals surface area contributed by atoms with E-state index in [0.717, 1.165) is 11.6 Å².